The van der Waals surface area contributed by atoms with Crippen molar-refractivity contribution in [3.05, 3.63) is 29.8 Å². The number of ketones is 1. The van der Waals surface area contributed by atoms with Crippen LogP contribution in [0.15, 0.2) is 24.3 Å². The third kappa shape index (κ3) is 3.79. The van der Waals surface area contributed by atoms with Gasteiger partial charge >= 0.3 is 6.61 Å². The molecule has 0 saturated carbocycles. The summed E-state index contributed by atoms with van der Waals surface area (Å²) in [7, 11) is 1.34. The molecule has 0 bridgehead atoms. The van der Waals surface area contributed by atoms with E-state index in [1.54, 1.807) is 0 Å². The number of nitrogens with zero attached hydrogens (tertiary/aromatic N) is 1. The van der Waals surface area contributed by atoms with E-state index in [2.05, 4.69) is 9.47 Å². The summed E-state index contributed by atoms with van der Waals surface area (Å²) in [6.07, 6.45) is 0. The van der Waals surface area contributed by atoms with Gasteiger partial charge in [0.05, 0.1) is 6.07 Å². The van der Waals surface area contributed by atoms with Gasteiger partial charge in [0.15, 0.2) is 5.78 Å². The van der Waals surface area contributed by atoms with Gasteiger partial charge in [0.1, 0.15) is 18.3 Å². The highest BCUT2D eigenvalue weighted by atomic mass is 19.3. The molecular formula is C12H11F2NO3. The minimum atomic E-state index is -2.95. The molecule has 0 heterocycles. The molecule has 0 aliphatic heterocycles. The second kappa shape index (κ2) is 6.67. The molecule has 0 fully saturated rings. The maximum absolute atomic E-state index is 12.0. The number of alkyl halides is 2. The first-order chi connectivity index (χ1) is 8.58. The Morgan fingerprint density at radius 3 is 2.78 bits per heavy atom. The SMILES string of the molecule is COCC(=O)C(C#N)c1cccc(OC(F)F)c1. The van der Waals surface area contributed by atoms with Crippen LogP contribution in [0.1, 0.15) is 11.5 Å². The molecule has 1 atom stereocenters. The van der Waals surface area contributed by atoms with Gasteiger partial charge in [-0.1, -0.05) is 12.1 Å². The first kappa shape index (κ1) is 14.1. The Balaban J connectivity index is 2.93. The zero-order valence-electron chi connectivity index (χ0n) is 9.60. The molecule has 96 valence electrons. The fourth-order valence-corrected chi connectivity index (χ4v) is 1.43. The molecule has 0 saturated heterocycles. The second-order valence-corrected chi connectivity index (χ2v) is 3.41. The van der Waals surface area contributed by atoms with Crippen molar-refractivity contribution in [2.45, 2.75) is 12.5 Å². The monoisotopic (exact) mass is 255 g/mol. The number of nitriles is 1. The Morgan fingerprint density at radius 2 is 2.22 bits per heavy atom. The molecule has 18 heavy (non-hydrogen) atoms. The number of carbonyl (C=O) groups excluding carboxylic acids is 1. The van der Waals surface area contributed by atoms with Crippen molar-refractivity contribution in [1.82, 2.24) is 0 Å². The lowest BCUT2D eigenvalue weighted by molar-refractivity contribution is -0.122. The van der Waals surface area contributed by atoms with E-state index >= 15 is 0 Å². The molecule has 1 aromatic carbocycles. The van der Waals surface area contributed by atoms with Gasteiger partial charge in [-0.2, -0.15) is 14.0 Å². The number of hydrogen-bond acceptors (Lipinski definition) is 4. The first-order valence-electron chi connectivity index (χ1n) is 5.04. The van der Waals surface area contributed by atoms with Gasteiger partial charge in [0, 0.05) is 7.11 Å². The number of benzene rings is 1. The second-order valence-electron chi connectivity index (χ2n) is 3.41. The van der Waals surface area contributed by atoms with Crippen molar-refractivity contribution < 1.29 is 23.0 Å². The number of ether oxygens (including phenoxy) is 2. The minimum Gasteiger partial charge on any atom is -0.435 e. The highest BCUT2D eigenvalue weighted by molar-refractivity contribution is 5.89. The largest absolute Gasteiger partial charge is 0.435 e. The number of methoxy groups -OCH3 is 1. The Morgan fingerprint density at radius 1 is 1.50 bits per heavy atom. The summed E-state index contributed by atoms with van der Waals surface area (Å²) in [5, 5.41) is 8.93. The molecule has 0 N–H and O–H groups in total. The maximum Gasteiger partial charge on any atom is 0.387 e. The summed E-state index contributed by atoms with van der Waals surface area (Å²) in [6.45, 7) is -3.16. The number of hydrogen-bond donors (Lipinski definition) is 0. The molecule has 1 aromatic rings. The van der Waals surface area contributed by atoms with Crippen LogP contribution in [0.5, 0.6) is 5.75 Å². The van der Waals surface area contributed by atoms with E-state index in [0.29, 0.717) is 5.56 Å². The van der Waals surface area contributed by atoms with Gasteiger partial charge in [-0.05, 0) is 17.7 Å². The van der Waals surface area contributed by atoms with Crippen LogP contribution >= 0.6 is 0 Å². The molecule has 0 aliphatic carbocycles. The number of Topliss-reactive ketones (excluding diaryl/α,β-unsaturated/α-hetero) is 1. The van der Waals surface area contributed by atoms with Crippen LogP contribution in [0.25, 0.3) is 0 Å². The lowest BCUT2D eigenvalue weighted by atomic mass is 9.96. The summed E-state index contributed by atoms with van der Waals surface area (Å²) in [6, 6.07) is 7.32. The number of carbonyl (C=O) groups is 1. The number of rotatable bonds is 6. The van der Waals surface area contributed by atoms with Gasteiger partial charge in [-0.3, -0.25) is 4.79 Å². The minimum absolute atomic E-state index is 0.0898. The van der Waals surface area contributed by atoms with Crippen LogP contribution in [-0.2, 0) is 9.53 Å². The van der Waals surface area contributed by atoms with Crippen LogP contribution in [0.3, 0.4) is 0 Å². The smallest absolute Gasteiger partial charge is 0.387 e. The van der Waals surface area contributed by atoms with E-state index in [-0.39, 0.29) is 12.4 Å². The Hall–Kier alpha value is -2.00. The lowest BCUT2D eigenvalue weighted by Crippen LogP contribution is -2.16. The van der Waals surface area contributed by atoms with E-state index in [1.807, 2.05) is 6.07 Å². The normalized spacial score (nSPS) is 11.9. The van der Waals surface area contributed by atoms with Crippen molar-refractivity contribution in [2.24, 2.45) is 0 Å². The van der Waals surface area contributed by atoms with Gasteiger partial charge < -0.3 is 9.47 Å². The highest BCUT2D eigenvalue weighted by Crippen LogP contribution is 2.22. The quantitative estimate of drug-likeness (QED) is 0.781. The summed E-state index contributed by atoms with van der Waals surface area (Å²) in [5.74, 6) is -1.58. The van der Waals surface area contributed by atoms with Crippen LogP contribution in [0, 0.1) is 11.3 Å². The highest BCUT2D eigenvalue weighted by Gasteiger charge is 2.20. The maximum atomic E-state index is 12.0. The van der Waals surface area contributed by atoms with Gasteiger partial charge in [-0.25, -0.2) is 0 Å². The van der Waals surface area contributed by atoms with Gasteiger partial charge in [-0.15, -0.1) is 0 Å². The van der Waals surface area contributed by atoms with Crippen LogP contribution < -0.4 is 4.74 Å². The summed E-state index contributed by atoms with van der Waals surface area (Å²) < 4.78 is 32.9. The van der Waals surface area contributed by atoms with Crippen molar-refractivity contribution in [2.75, 3.05) is 13.7 Å². The zero-order valence-corrected chi connectivity index (χ0v) is 9.60. The topological polar surface area (TPSA) is 59.3 Å². The van der Waals surface area contributed by atoms with Crippen molar-refractivity contribution in [3.8, 4) is 11.8 Å². The molecule has 0 amide bonds. The average Bonchev–Trinajstić information content (AvgIpc) is 2.30. The van der Waals surface area contributed by atoms with Crippen molar-refractivity contribution in [3.63, 3.8) is 0 Å². The first-order valence-corrected chi connectivity index (χ1v) is 5.04. The van der Waals surface area contributed by atoms with E-state index in [0.717, 1.165) is 0 Å². The van der Waals surface area contributed by atoms with Crippen LogP contribution in [-0.4, -0.2) is 26.1 Å². The average molecular weight is 255 g/mol. The Bertz CT molecular complexity index is 457. The molecule has 0 aliphatic rings. The summed E-state index contributed by atoms with van der Waals surface area (Å²) in [4.78, 5) is 11.6. The molecule has 0 radical (unpaired) electrons. The molecule has 6 heteroatoms. The predicted molar refractivity (Wildman–Crippen MR) is 58.3 cm³/mol. The molecular weight excluding hydrogens is 244 g/mol. The summed E-state index contributed by atoms with van der Waals surface area (Å²) in [5.41, 5.74) is 0.303. The fraction of sp³-hybridized carbons (Fsp3) is 0.333. The number of halogens is 2. The lowest BCUT2D eigenvalue weighted by Gasteiger charge is -2.10. The fourth-order valence-electron chi connectivity index (χ4n) is 1.43. The van der Waals surface area contributed by atoms with E-state index in [4.69, 9.17) is 5.26 Å². The Kier molecular flexibility index (Phi) is 5.21. The summed E-state index contributed by atoms with van der Waals surface area (Å²) >= 11 is 0. The molecule has 4 nitrogen and oxygen atoms in total. The van der Waals surface area contributed by atoms with Crippen LogP contribution in [0.4, 0.5) is 8.78 Å². The molecule has 0 spiro atoms. The zero-order chi connectivity index (χ0) is 13.5. The van der Waals surface area contributed by atoms with Crippen LogP contribution in [0.2, 0.25) is 0 Å². The predicted octanol–water partition coefficient (Wildman–Crippen LogP) is 2.11. The standard InChI is InChI=1S/C12H11F2NO3/c1-17-7-11(16)10(6-15)8-3-2-4-9(5-8)18-12(13)14/h2-5,10,12H,7H2,1H3. The molecule has 1 rings (SSSR count). The third-order valence-corrected chi connectivity index (χ3v) is 2.15. The van der Waals surface area contributed by atoms with Gasteiger partial charge in [0.25, 0.3) is 0 Å². The van der Waals surface area contributed by atoms with Crippen molar-refractivity contribution in [1.29, 1.82) is 5.26 Å². The van der Waals surface area contributed by atoms with Gasteiger partial charge in [0.2, 0.25) is 0 Å². The molecule has 1 unspecified atom stereocenters. The van der Waals surface area contributed by atoms with E-state index in [9.17, 15) is 13.6 Å². The molecule has 0 aromatic heterocycles. The van der Waals surface area contributed by atoms with E-state index < -0.39 is 18.3 Å². The van der Waals surface area contributed by atoms with E-state index in [1.165, 1.54) is 31.4 Å². The van der Waals surface area contributed by atoms with Crippen molar-refractivity contribution >= 4 is 5.78 Å². The Labute approximate surface area is 103 Å². The third-order valence-electron chi connectivity index (χ3n) is 2.15.